The van der Waals surface area contributed by atoms with E-state index >= 15 is 0 Å². The average molecular weight is 163 g/mol. The van der Waals surface area contributed by atoms with Crippen molar-refractivity contribution in [3.63, 3.8) is 0 Å². The van der Waals surface area contributed by atoms with Crippen molar-refractivity contribution in [2.24, 2.45) is 35.3 Å². The molecule has 2 N–H and O–H groups in total. The van der Waals surface area contributed by atoms with Gasteiger partial charge >= 0.3 is 0 Å². The highest BCUT2D eigenvalue weighted by molar-refractivity contribution is 5.18. The Balaban J connectivity index is 1.91. The molecule has 5 aliphatic carbocycles. The fraction of sp³-hybridized carbons (Fsp3) is 1.00. The van der Waals surface area contributed by atoms with Crippen LogP contribution in [-0.2, 0) is 0 Å². The van der Waals surface area contributed by atoms with Gasteiger partial charge < -0.3 is 5.73 Å². The quantitative estimate of drug-likeness (QED) is 0.578. The zero-order valence-corrected chi connectivity index (χ0v) is 7.50. The van der Waals surface area contributed by atoms with Crippen molar-refractivity contribution in [2.45, 2.75) is 37.6 Å². The Kier molecular flexibility index (Phi) is 0.863. The summed E-state index contributed by atoms with van der Waals surface area (Å²) in [6, 6.07) is 0. The standard InChI is InChI=1S/C11H17N/c12-11-4-6-1-7-3-8(5-11)9(2-6)10(7)11/h6-10H,1-5,12H2. The van der Waals surface area contributed by atoms with Crippen molar-refractivity contribution in [2.75, 3.05) is 0 Å². The van der Waals surface area contributed by atoms with Crippen LogP contribution in [-0.4, -0.2) is 5.54 Å². The maximum atomic E-state index is 6.51. The summed E-state index contributed by atoms with van der Waals surface area (Å²) in [6.07, 6.45) is 7.39. The van der Waals surface area contributed by atoms with E-state index < -0.39 is 0 Å². The molecule has 66 valence electrons. The largest absolute Gasteiger partial charge is 0.325 e. The van der Waals surface area contributed by atoms with Crippen molar-refractivity contribution in [3.05, 3.63) is 0 Å². The summed E-state index contributed by atoms with van der Waals surface area (Å²) >= 11 is 0. The molecule has 5 fully saturated rings. The van der Waals surface area contributed by atoms with E-state index in [-0.39, 0.29) is 0 Å². The zero-order valence-electron chi connectivity index (χ0n) is 7.50. The molecule has 0 aromatic carbocycles. The lowest BCUT2D eigenvalue weighted by molar-refractivity contribution is 0.0268. The fourth-order valence-corrected chi connectivity index (χ4v) is 5.52. The van der Waals surface area contributed by atoms with Crippen LogP contribution >= 0.6 is 0 Å². The Morgan fingerprint density at radius 3 is 2.58 bits per heavy atom. The van der Waals surface area contributed by atoms with Crippen LogP contribution in [0.1, 0.15) is 32.1 Å². The second-order valence-corrected chi connectivity index (χ2v) is 5.92. The van der Waals surface area contributed by atoms with Gasteiger partial charge in [0.25, 0.3) is 0 Å². The monoisotopic (exact) mass is 163 g/mol. The Labute approximate surface area is 73.7 Å². The summed E-state index contributed by atoms with van der Waals surface area (Å²) in [6.45, 7) is 0. The van der Waals surface area contributed by atoms with Crippen LogP contribution in [0.15, 0.2) is 0 Å². The van der Waals surface area contributed by atoms with Crippen LogP contribution in [0.3, 0.4) is 0 Å². The molecule has 5 rings (SSSR count). The molecule has 1 heteroatoms. The van der Waals surface area contributed by atoms with Gasteiger partial charge in [-0.15, -0.1) is 0 Å². The second-order valence-electron chi connectivity index (χ2n) is 5.92. The highest BCUT2D eigenvalue weighted by Crippen LogP contribution is 2.69. The molecule has 0 aliphatic heterocycles. The third-order valence-electron chi connectivity index (χ3n) is 5.40. The van der Waals surface area contributed by atoms with Crippen LogP contribution in [0.2, 0.25) is 0 Å². The van der Waals surface area contributed by atoms with Crippen LogP contribution < -0.4 is 5.73 Å². The van der Waals surface area contributed by atoms with Crippen LogP contribution in [0, 0.1) is 29.6 Å². The van der Waals surface area contributed by atoms with Gasteiger partial charge in [-0.3, -0.25) is 0 Å². The molecule has 1 nitrogen and oxygen atoms in total. The van der Waals surface area contributed by atoms with Gasteiger partial charge in [-0.25, -0.2) is 0 Å². The predicted molar refractivity (Wildman–Crippen MR) is 47.5 cm³/mol. The third kappa shape index (κ3) is 0.501. The third-order valence-corrected chi connectivity index (χ3v) is 5.40. The topological polar surface area (TPSA) is 26.0 Å². The molecule has 0 radical (unpaired) electrons. The van der Waals surface area contributed by atoms with Gasteiger partial charge in [0.2, 0.25) is 0 Å². The molecule has 6 atom stereocenters. The van der Waals surface area contributed by atoms with E-state index in [0.29, 0.717) is 5.54 Å². The average Bonchev–Trinajstić information content (AvgIpc) is 2.33. The first-order chi connectivity index (χ1) is 5.76. The van der Waals surface area contributed by atoms with Gasteiger partial charge in [0.1, 0.15) is 0 Å². The summed E-state index contributed by atoms with van der Waals surface area (Å²) < 4.78 is 0. The van der Waals surface area contributed by atoms with E-state index in [1.165, 1.54) is 19.3 Å². The number of rotatable bonds is 0. The van der Waals surface area contributed by atoms with E-state index in [2.05, 4.69) is 0 Å². The lowest BCUT2D eigenvalue weighted by Gasteiger charge is -2.51. The molecule has 0 amide bonds. The highest BCUT2D eigenvalue weighted by atomic mass is 14.9. The maximum Gasteiger partial charge on any atom is 0.0193 e. The Morgan fingerprint density at radius 1 is 1.00 bits per heavy atom. The minimum Gasteiger partial charge on any atom is -0.325 e. The molecule has 6 unspecified atom stereocenters. The van der Waals surface area contributed by atoms with Gasteiger partial charge in [0.15, 0.2) is 0 Å². The van der Waals surface area contributed by atoms with Crippen molar-refractivity contribution in [1.82, 2.24) is 0 Å². The summed E-state index contributed by atoms with van der Waals surface area (Å²) in [7, 11) is 0. The van der Waals surface area contributed by atoms with Gasteiger partial charge in [-0.05, 0) is 61.7 Å². The first-order valence-corrected chi connectivity index (χ1v) is 5.55. The number of hydrogen-bond acceptors (Lipinski definition) is 1. The van der Waals surface area contributed by atoms with Gasteiger partial charge in [0, 0.05) is 5.54 Å². The van der Waals surface area contributed by atoms with Crippen LogP contribution in [0.25, 0.3) is 0 Å². The summed E-state index contributed by atoms with van der Waals surface area (Å²) in [5, 5.41) is 0. The molecule has 5 aliphatic rings. The Hall–Kier alpha value is -0.0400. The molecule has 0 heterocycles. The van der Waals surface area contributed by atoms with Crippen molar-refractivity contribution in [3.8, 4) is 0 Å². The molecular weight excluding hydrogens is 146 g/mol. The van der Waals surface area contributed by atoms with Crippen molar-refractivity contribution in [1.29, 1.82) is 0 Å². The van der Waals surface area contributed by atoms with Crippen LogP contribution in [0.4, 0.5) is 0 Å². The Bertz CT molecular complexity index is 243. The molecule has 0 saturated heterocycles. The normalized spacial score (nSPS) is 71.2. The summed E-state index contributed by atoms with van der Waals surface area (Å²) in [5.74, 6) is 5.19. The molecule has 0 spiro atoms. The van der Waals surface area contributed by atoms with Crippen molar-refractivity contribution >= 4 is 0 Å². The SMILES string of the molecule is NC12CC3CC4CC(C1)C(C3)C42. The smallest absolute Gasteiger partial charge is 0.0193 e. The van der Waals surface area contributed by atoms with E-state index in [1.54, 1.807) is 12.8 Å². The van der Waals surface area contributed by atoms with Gasteiger partial charge in [-0.1, -0.05) is 0 Å². The fourth-order valence-electron chi connectivity index (χ4n) is 5.52. The second kappa shape index (κ2) is 1.61. The molecule has 12 heavy (non-hydrogen) atoms. The number of nitrogens with two attached hydrogens (primary N) is 1. The zero-order chi connectivity index (χ0) is 7.92. The maximum absolute atomic E-state index is 6.51. The van der Waals surface area contributed by atoms with Gasteiger partial charge in [0.05, 0.1) is 0 Å². The molecule has 0 aromatic rings. The first-order valence-electron chi connectivity index (χ1n) is 5.55. The highest BCUT2D eigenvalue weighted by Gasteiger charge is 2.65. The lowest BCUT2D eigenvalue weighted by Crippen LogP contribution is -2.56. The molecule has 6 bridgehead atoms. The minimum absolute atomic E-state index is 0.333. The van der Waals surface area contributed by atoms with Crippen molar-refractivity contribution < 1.29 is 0 Å². The Morgan fingerprint density at radius 2 is 1.92 bits per heavy atom. The number of hydrogen-bond donors (Lipinski definition) is 1. The van der Waals surface area contributed by atoms with E-state index in [0.717, 1.165) is 29.6 Å². The van der Waals surface area contributed by atoms with E-state index in [4.69, 9.17) is 5.73 Å². The summed E-state index contributed by atoms with van der Waals surface area (Å²) in [4.78, 5) is 0. The molecule has 5 saturated carbocycles. The predicted octanol–water partition coefficient (Wildman–Crippen LogP) is 1.77. The minimum atomic E-state index is 0.333. The first kappa shape index (κ1) is 6.42. The van der Waals surface area contributed by atoms with Crippen LogP contribution in [0.5, 0.6) is 0 Å². The van der Waals surface area contributed by atoms with Gasteiger partial charge in [-0.2, -0.15) is 0 Å². The lowest BCUT2D eigenvalue weighted by atomic mass is 9.57. The summed E-state index contributed by atoms with van der Waals surface area (Å²) in [5.41, 5.74) is 6.84. The van der Waals surface area contributed by atoms with E-state index in [1.807, 2.05) is 0 Å². The molecule has 0 aromatic heterocycles. The van der Waals surface area contributed by atoms with E-state index in [9.17, 15) is 0 Å². The molecular formula is C11H17N.